The number of unbranched alkanes of at least 4 members (excludes halogenated alkanes) is 5. The number of aliphatic hydroxyl groups excluding tert-OH is 3. The highest BCUT2D eigenvalue weighted by molar-refractivity contribution is 5.91. The van der Waals surface area contributed by atoms with Gasteiger partial charge in [-0.2, -0.15) is 0 Å². The zero-order valence-electron chi connectivity index (χ0n) is 57.5. The molecule has 2 amide bonds. The summed E-state index contributed by atoms with van der Waals surface area (Å²) in [6.07, 6.45) is 9.57. The molecule has 1 heterocycles. The maximum Gasteiger partial charge on any atom is 0.224 e. The van der Waals surface area contributed by atoms with Crippen molar-refractivity contribution in [2.75, 3.05) is 72.4 Å². The van der Waals surface area contributed by atoms with Gasteiger partial charge in [-0.15, -0.1) is 0 Å². The van der Waals surface area contributed by atoms with Gasteiger partial charge < -0.3 is 63.8 Å². The topological polar surface area (TPSA) is 261 Å². The first-order valence-electron chi connectivity index (χ1n) is 34.8. The molecule has 5 unspecified atom stereocenters. The molecule has 526 valence electrons. The van der Waals surface area contributed by atoms with Crippen LogP contribution in [0.5, 0.6) is 11.5 Å². The molecule has 4 aromatic rings. The monoisotopic (exact) mass is 1320 g/mol. The number of nitrogens with one attached hydrogen (secondary N) is 2. The minimum Gasteiger partial charge on any atom is -0.497 e. The summed E-state index contributed by atoms with van der Waals surface area (Å²) in [6, 6.07) is 31.2. The number of anilines is 1. The molecule has 0 aliphatic carbocycles. The zero-order chi connectivity index (χ0) is 68.7. The molecule has 0 spiro atoms. The van der Waals surface area contributed by atoms with Crippen LogP contribution in [0.2, 0.25) is 0 Å². The molecule has 0 aromatic heterocycles. The fraction of sp³-hybridized carbons (Fsp3) is 0.605. The van der Waals surface area contributed by atoms with E-state index in [0.717, 1.165) is 103 Å². The quantitative estimate of drug-likeness (QED) is 0.0203. The molecule has 4 aromatic carbocycles. The van der Waals surface area contributed by atoms with Crippen LogP contribution in [0.1, 0.15) is 203 Å². The third-order valence-corrected chi connectivity index (χ3v) is 17.7. The van der Waals surface area contributed by atoms with Crippen LogP contribution in [0.3, 0.4) is 0 Å². The van der Waals surface area contributed by atoms with Crippen molar-refractivity contribution in [1.82, 2.24) is 5.32 Å². The summed E-state index contributed by atoms with van der Waals surface area (Å²) in [4.78, 5) is 78.5. The van der Waals surface area contributed by atoms with Crippen LogP contribution in [0.25, 0.3) is 0 Å². The highest BCUT2D eigenvalue weighted by Gasteiger charge is 2.45. The van der Waals surface area contributed by atoms with Crippen LogP contribution in [0, 0.1) is 5.41 Å². The Morgan fingerprint density at radius 1 is 0.526 bits per heavy atom. The van der Waals surface area contributed by atoms with Crippen molar-refractivity contribution in [2.45, 2.75) is 225 Å². The minimum absolute atomic E-state index is 0.0510. The molecule has 5 atom stereocenters. The van der Waals surface area contributed by atoms with Gasteiger partial charge in [0.05, 0.1) is 67.1 Å². The van der Waals surface area contributed by atoms with Crippen molar-refractivity contribution in [1.29, 1.82) is 0 Å². The molecule has 5 N–H and O–H groups in total. The van der Waals surface area contributed by atoms with Gasteiger partial charge in [0, 0.05) is 76.0 Å². The van der Waals surface area contributed by atoms with Gasteiger partial charge in [-0.3, -0.25) is 28.8 Å². The molecule has 1 fully saturated rings. The molecule has 0 bridgehead atoms. The number of aryl methyl sites for hydroxylation is 1. The van der Waals surface area contributed by atoms with Crippen LogP contribution < -0.4 is 20.1 Å². The highest BCUT2D eigenvalue weighted by Crippen LogP contribution is 2.43. The van der Waals surface area contributed by atoms with Crippen molar-refractivity contribution < 1.29 is 82.0 Å². The predicted octanol–water partition coefficient (Wildman–Crippen LogP) is 12.0. The van der Waals surface area contributed by atoms with Gasteiger partial charge in [-0.1, -0.05) is 107 Å². The summed E-state index contributed by atoms with van der Waals surface area (Å²) in [6.45, 7) is 8.85. The molecule has 1 aliphatic heterocycles. The Bertz CT molecular complexity index is 2800. The number of hydrogen-bond acceptors (Lipinski definition) is 17. The van der Waals surface area contributed by atoms with E-state index in [-0.39, 0.29) is 55.5 Å². The number of amides is 2. The van der Waals surface area contributed by atoms with E-state index in [1.807, 2.05) is 92.7 Å². The van der Waals surface area contributed by atoms with Gasteiger partial charge in [0.1, 0.15) is 64.6 Å². The van der Waals surface area contributed by atoms with E-state index in [4.69, 9.17) is 37.9 Å². The third-order valence-electron chi connectivity index (χ3n) is 17.7. The first-order valence-corrected chi connectivity index (χ1v) is 34.8. The number of benzene rings is 4. The van der Waals surface area contributed by atoms with Gasteiger partial charge in [-0.25, -0.2) is 0 Å². The van der Waals surface area contributed by atoms with Crippen LogP contribution in [-0.4, -0.2) is 148 Å². The summed E-state index contributed by atoms with van der Waals surface area (Å²) in [5, 5.41) is 35.8. The number of Topliss-reactive ketones (excluding diaryl/α,β-unsaturated/α-hetero) is 4. The molecule has 1 saturated heterocycles. The second kappa shape index (κ2) is 44.5. The summed E-state index contributed by atoms with van der Waals surface area (Å²) in [5.41, 5.74) is 3.81. The van der Waals surface area contributed by atoms with Gasteiger partial charge in [0.25, 0.3) is 0 Å². The lowest BCUT2D eigenvalue weighted by Crippen LogP contribution is -2.64. The minimum atomic E-state index is -1.40. The van der Waals surface area contributed by atoms with Gasteiger partial charge in [-0.05, 0) is 141 Å². The summed E-state index contributed by atoms with van der Waals surface area (Å²) in [5.74, 6) is 1.63. The second-order valence-electron chi connectivity index (χ2n) is 25.0. The Morgan fingerprint density at radius 2 is 1.01 bits per heavy atom. The standard InChI is InChI=1S/C76H110N2O17/c1-7-23-63(81)27-19-41-75(42-20-28-64(82)24-8-2,43-21-29-65(83)30-22-44-90-45-46-91-47-48-92-49-50-93-74-71(77-56(4)80)73(87)72(86)68(54-79)95-74)69(84)31-17-12-10-11-13-18-32-70(85)78-62-52-57(9-3)51-58(53-62)55-94-76(59-25-15-14-16-26-59,60-33-37-66(88-5)38-34-60)61-35-39-67(89-6)40-36-61/h14-16,25-26,33-40,51-53,68,71-74,79,86-87H,7-13,17-24,27-32,41-50,54-55H2,1-6H3,(H,77,80)(H,78,85). The molecule has 0 saturated carbocycles. The smallest absolute Gasteiger partial charge is 0.224 e. The fourth-order valence-electron chi connectivity index (χ4n) is 12.5. The summed E-state index contributed by atoms with van der Waals surface area (Å²) in [7, 11) is 3.30. The van der Waals surface area contributed by atoms with Crippen molar-refractivity contribution >= 4 is 40.6 Å². The lowest BCUT2D eigenvalue weighted by Gasteiger charge is -2.42. The number of carbonyl (C=O) groups excluding carboxylic acids is 6. The van der Waals surface area contributed by atoms with E-state index in [9.17, 15) is 44.1 Å². The normalized spacial score (nSPS) is 16.5. The molecule has 0 radical (unpaired) electrons. The lowest BCUT2D eigenvalue weighted by atomic mass is 9.69. The number of rotatable bonds is 52. The summed E-state index contributed by atoms with van der Waals surface area (Å²) >= 11 is 0. The number of hydrogen-bond donors (Lipinski definition) is 5. The molecular formula is C76H110N2O17. The van der Waals surface area contributed by atoms with Crippen LogP contribution in [-0.2, 0) is 75.8 Å². The molecule has 5 rings (SSSR count). The molecule has 1 aliphatic rings. The van der Waals surface area contributed by atoms with Gasteiger partial charge in [0.15, 0.2) is 6.29 Å². The van der Waals surface area contributed by atoms with Crippen molar-refractivity contribution in [3.05, 3.63) is 125 Å². The van der Waals surface area contributed by atoms with E-state index in [2.05, 4.69) is 35.8 Å². The van der Waals surface area contributed by atoms with E-state index in [0.29, 0.717) is 123 Å². The Kier molecular flexibility index (Phi) is 37.2. The third kappa shape index (κ3) is 27.3. The predicted molar refractivity (Wildman–Crippen MR) is 365 cm³/mol. The first kappa shape index (κ1) is 79.4. The number of aliphatic hydroxyl groups is 3. The van der Waals surface area contributed by atoms with Crippen molar-refractivity contribution in [3.8, 4) is 11.5 Å². The Hall–Kier alpha value is -6.26. The van der Waals surface area contributed by atoms with Crippen LogP contribution in [0.4, 0.5) is 5.69 Å². The zero-order valence-corrected chi connectivity index (χ0v) is 57.5. The second-order valence-corrected chi connectivity index (χ2v) is 25.0. The van der Waals surface area contributed by atoms with Gasteiger partial charge in [0.2, 0.25) is 11.8 Å². The van der Waals surface area contributed by atoms with E-state index in [1.54, 1.807) is 14.2 Å². The van der Waals surface area contributed by atoms with Crippen molar-refractivity contribution in [2.24, 2.45) is 5.41 Å². The molecule has 19 heteroatoms. The Balaban J connectivity index is 1.05. The largest absolute Gasteiger partial charge is 0.497 e. The number of ketones is 4. The maximum atomic E-state index is 14.6. The van der Waals surface area contributed by atoms with Crippen LogP contribution in [0.15, 0.2) is 97.1 Å². The number of methoxy groups -OCH3 is 2. The first-order chi connectivity index (χ1) is 46.0. The molecule has 95 heavy (non-hydrogen) atoms. The average Bonchev–Trinajstić information content (AvgIpc) is 0.766. The number of ether oxygens (including phenoxy) is 8. The van der Waals surface area contributed by atoms with Crippen molar-refractivity contribution in [3.63, 3.8) is 0 Å². The Morgan fingerprint density at radius 3 is 1.53 bits per heavy atom. The maximum absolute atomic E-state index is 14.6. The lowest BCUT2D eigenvalue weighted by molar-refractivity contribution is -0.272. The molecular weight excluding hydrogens is 1210 g/mol. The average molecular weight is 1320 g/mol. The highest BCUT2D eigenvalue weighted by atomic mass is 16.7. The Labute approximate surface area is 564 Å². The van der Waals surface area contributed by atoms with E-state index >= 15 is 0 Å². The fourth-order valence-corrected chi connectivity index (χ4v) is 12.5. The number of carbonyl (C=O) groups is 6. The summed E-state index contributed by atoms with van der Waals surface area (Å²) < 4.78 is 46.3. The van der Waals surface area contributed by atoms with Crippen LogP contribution >= 0.6 is 0 Å². The van der Waals surface area contributed by atoms with E-state index in [1.165, 1.54) is 6.92 Å². The SMILES string of the molecule is CCCC(=O)CCCC(CCCC(=O)CCC)(CCCC(=O)CCCOCCOCCOCCOC1OC(CO)C(O)C(O)C1NC(C)=O)C(=O)CCCCCCCCC(=O)Nc1cc(CC)cc(COC(c2ccccc2)(c2ccc(OC)cc2)c2ccc(OC)cc2)c1. The molecule has 19 nitrogen and oxygen atoms in total. The van der Waals surface area contributed by atoms with Gasteiger partial charge >= 0.3 is 0 Å². The van der Waals surface area contributed by atoms with E-state index < -0.39 is 54.2 Å².